The summed E-state index contributed by atoms with van der Waals surface area (Å²) < 4.78 is 0. The fourth-order valence-corrected chi connectivity index (χ4v) is 0.979. The van der Waals surface area contributed by atoms with Gasteiger partial charge < -0.3 is 11.5 Å². The molecule has 1 atom stereocenters. The van der Waals surface area contributed by atoms with Gasteiger partial charge in [-0.1, -0.05) is 45.4 Å². The van der Waals surface area contributed by atoms with E-state index in [1.165, 1.54) is 19.3 Å². The SMILES string of the molecule is C.CCCCC(C)N.Nc1ccccc1. The summed E-state index contributed by atoms with van der Waals surface area (Å²) in [7, 11) is 0. The Morgan fingerprint density at radius 1 is 1.20 bits per heavy atom. The first-order chi connectivity index (χ1) is 6.66. The number of rotatable bonds is 3. The maximum atomic E-state index is 5.48. The van der Waals surface area contributed by atoms with E-state index in [9.17, 15) is 0 Å². The van der Waals surface area contributed by atoms with Crippen LogP contribution in [0.2, 0.25) is 0 Å². The molecule has 0 fully saturated rings. The third kappa shape index (κ3) is 13.0. The molecule has 1 rings (SSSR count). The third-order valence-corrected chi connectivity index (χ3v) is 1.81. The summed E-state index contributed by atoms with van der Waals surface area (Å²) in [4.78, 5) is 0. The highest BCUT2D eigenvalue weighted by atomic mass is 14.6. The van der Waals surface area contributed by atoms with Crippen LogP contribution < -0.4 is 11.5 Å². The molecule has 0 radical (unpaired) electrons. The number of unbranched alkanes of at least 4 members (excludes halogenated alkanes) is 1. The molecule has 1 unspecified atom stereocenters. The molecule has 0 saturated heterocycles. The molecule has 0 spiro atoms. The van der Waals surface area contributed by atoms with E-state index < -0.39 is 0 Å². The first-order valence-corrected chi connectivity index (χ1v) is 5.23. The van der Waals surface area contributed by atoms with Gasteiger partial charge in [-0.2, -0.15) is 0 Å². The second-order valence-electron chi connectivity index (χ2n) is 3.53. The van der Waals surface area contributed by atoms with Crippen molar-refractivity contribution in [1.29, 1.82) is 0 Å². The minimum Gasteiger partial charge on any atom is -0.399 e. The topological polar surface area (TPSA) is 52.0 Å². The van der Waals surface area contributed by atoms with Crippen LogP contribution in [0.1, 0.15) is 40.5 Å². The van der Waals surface area contributed by atoms with Gasteiger partial charge in [0.2, 0.25) is 0 Å². The summed E-state index contributed by atoms with van der Waals surface area (Å²) in [6.45, 7) is 4.23. The molecule has 0 heterocycles. The first kappa shape index (κ1) is 16.4. The smallest absolute Gasteiger partial charge is 0.0313 e. The van der Waals surface area contributed by atoms with Gasteiger partial charge in [0.25, 0.3) is 0 Å². The van der Waals surface area contributed by atoms with Crippen molar-refractivity contribution in [3.8, 4) is 0 Å². The van der Waals surface area contributed by atoms with E-state index in [0.717, 1.165) is 5.69 Å². The summed E-state index contributed by atoms with van der Waals surface area (Å²) >= 11 is 0. The van der Waals surface area contributed by atoms with Crippen molar-refractivity contribution in [3.63, 3.8) is 0 Å². The lowest BCUT2D eigenvalue weighted by Crippen LogP contribution is -2.13. The van der Waals surface area contributed by atoms with Crippen LogP contribution in [-0.2, 0) is 0 Å². The van der Waals surface area contributed by atoms with Gasteiger partial charge in [-0.25, -0.2) is 0 Å². The number of hydrogen-bond donors (Lipinski definition) is 2. The molecule has 0 aliphatic carbocycles. The summed E-state index contributed by atoms with van der Waals surface area (Å²) in [5, 5.41) is 0. The number of anilines is 1. The normalized spacial score (nSPS) is 10.6. The molecular weight excluding hydrogens is 184 g/mol. The first-order valence-electron chi connectivity index (χ1n) is 5.23. The second kappa shape index (κ2) is 11.1. The van der Waals surface area contributed by atoms with Crippen LogP contribution in [-0.4, -0.2) is 6.04 Å². The van der Waals surface area contributed by atoms with Crippen LogP contribution in [0.5, 0.6) is 0 Å². The van der Waals surface area contributed by atoms with Crippen molar-refractivity contribution in [2.24, 2.45) is 5.73 Å². The van der Waals surface area contributed by atoms with Crippen LogP contribution in [0.4, 0.5) is 5.69 Å². The molecule has 4 N–H and O–H groups in total. The van der Waals surface area contributed by atoms with E-state index in [1.807, 2.05) is 30.3 Å². The summed E-state index contributed by atoms with van der Waals surface area (Å²) in [5.41, 5.74) is 11.7. The summed E-state index contributed by atoms with van der Waals surface area (Å²) in [6, 6.07) is 9.89. The zero-order valence-electron chi connectivity index (χ0n) is 9.24. The molecule has 88 valence electrons. The van der Waals surface area contributed by atoms with Gasteiger partial charge in [-0.3, -0.25) is 0 Å². The van der Waals surface area contributed by atoms with Crippen molar-refractivity contribution in [2.45, 2.75) is 46.6 Å². The van der Waals surface area contributed by atoms with Crippen molar-refractivity contribution < 1.29 is 0 Å². The maximum Gasteiger partial charge on any atom is 0.0313 e. The van der Waals surface area contributed by atoms with E-state index in [4.69, 9.17) is 11.5 Å². The molecular formula is C13H26N2. The van der Waals surface area contributed by atoms with Crippen molar-refractivity contribution in [2.75, 3.05) is 5.73 Å². The predicted octanol–water partition coefficient (Wildman–Crippen LogP) is 3.43. The average molecular weight is 210 g/mol. The molecule has 2 heteroatoms. The Balaban J connectivity index is 0. The third-order valence-electron chi connectivity index (χ3n) is 1.81. The lowest BCUT2D eigenvalue weighted by atomic mass is 10.2. The Hall–Kier alpha value is -1.02. The maximum absolute atomic E-state index is 5.48. The van der Waals surface area contributed by atoms with Crippen LogP contribution in [0, 0.1) is 0 Å². The Bertz CT molecular complexity index is 207. The second-order valence-corrected chi connectivity index (χ2v) is 3.53. The number of benzene rings is 1. The van der Waals surface area contributed by atoms with Gasteiger partial charge in [0.15, 0.2) is 0 Å². The number of hydrogen-bond acceptors (Lipinski definition) is 2. The highest BCUT2D eigenvalue weighted by Gasteiger charge is 1.88. The van der Waals surface area contributed by atoms with Gasteiger partial charge in [-0.05, 0) is 25.5 Å². The molecule has 2 nitrogen and oxygen atoms in total. The minimum atomic E-state index is 0. The molecule has 0 aromatic heterocycles. The number of nitrogen functional groups attached to an aromatic ring is 1. The van der Waals surface area contributed by atoms with Gasteiger partial charge in [0, 0.05) is 11.7 Å². The Morgan fingerprint density at radius 3 is 1.93 bits per heavy atom. The van der Waals surface area contributed by atoms with E-state index in [-0.39, 0.29) is 7.43 Å². The zero-order valence-corrected chi connectivity index (χ0v) is 9.24. The molecule has 1 aromatic rings. The lowest BCUT2D eigenvalue weighted by molar-refractivity contribution is 0.616. The Labute approximate surface area is 94.7 Å². The van der Waals surface area contributed by atoms with Crippen LogP contribution in [0.3, 0.4) is 0 Å². The number of para-hydroxylation sites is 1. The fraction of sp³-hybridized carbons (Fsp3) is 0.538. The molecule has 0 aliphatic heterocycles. The van der Waals surface area contributed by atoms with Crippen molar-refractivity contribution in [3.05, 3.63) is 30.3 Å². The van der Waals surface area contributed by atoms with E-state index in [2.05, 4.69) is 13.8 Å². The molecule has 0 saturated carbocycles. The van der Waals surface area contributed by atoms with Crippen LogP contribution in [0.25, 0.3) is 0 Å². The molecule has 0 amide bonds. The molecule has 0 aliphatic rings. The van der Waals surface area contributed by atoms with Gasteiger partial charge in [0.1, 0.15) is 0 Å². The largest absolute Gasteiger partial charge is 0.399 e. The lowest BCUT2D eigenvalue weighted by Gasteiger charge is -1.99. The minimum absolute atomic E-state index is 0. The van der Waals surface area contributed by atoms with Crippen LogP contribution >= 0.6 is 0 Å². The van der Waals surface area contributed by atoms with Crippen molar-refractivity contribution >= 4 is 5.69 Å². The Kier molecular flexibility index (Phi) is 12.1. The van der Waals surface area contributed by atoms with E-state index in [0.29, 0.717) is 6.04 Å². The van der Waals surface area contributed by atoms with E-state index in [1.54, 1.807) is 0 Å². The summed E-state index contributed by atoms with van der Waals surface area (Å²) in [6.07, 6.45) is 3.72. The van der Waals surface area contributed by atoms with Crippen LogP contribution in [0.15, 0.2) is 30.3 Å². The van der Waals surface area contributed by atoms with Gasteiger partial charge in [0.05, 0.1) is 0 Å². The van der Waals surface area contributed by atoms with E-state index >= 15 is 0 Å². The molecule has 15 heavy (non-hydrogen) atoms. The standard InChI is InChI=1S/C6H7N.C6H15N.CH4/c7-6-4-2-1-3-5-6;1-3-4-5-6(2)7;/h1-5H,7H2;6H,3-5,7H2,1-2H3;1H4. The van der Waals surface area contributed by atoms with Crippen molar-refractivity contribution in [1.82, 2.24) is 0 Å². The molecule has 0 bridgehead atoms. The van der Waals surface area contributed by atoms with Gasteiger partial charge in [-0.15, -0.1) is 0 Å². The zero-order chi connectivity index (χ0) is 10.8. The summed E-state index contributed by atoms with van der Waals surface area (Å²) in [5.74, 6) is 0. The quantitative estimate of drug-likeness (QED) is 0.751. The highest BCUT2D eigenvalue weighted by molar-refractivity contribution is 5.35. The molecule has 1 aromatic carbocycles. The highest BCUT2D eigenvalue weighted by Crippen LogP contribution is 1.96. The number of nitrogens with two attached hydrogens (primary N) is 2. The predicted molar refractivity (Wildman–Crippen MR) is 70.8 cm³/mol. The fourth-order valence-electron chi connectivity index (χ4n) is 0.979. The van der Waals surface area contributed by atoms with Gasteiger partial charge >= 0.3 is 0 Å². The average Bonchev–Trinajstić information content (AvgIpc) is 2.17. The Morgan fingerprint density at radius 2 is 1.73 bits per heavy atom. The monoisotopic (exact) mass is 210 g/mol.